The maximum absolute atomic E-state index is 13.4. The van der Waals surface area contributed by atoms with Crippen LogP contribution in [0.2, 0.25) is 0 Å². The van der Waals surface area contributed by atoms with Gasteiger partial charge in [0.1, 0.15) is 16.8 Å². The average molecular weight is 672 g/mol. The van der Waals surface area contributed by atoms with E-state index in [1.807, 2.05) is 36.4 Å². The molecule has 0 radical (unpaired) electrons. The van der Waals surface area contributed by atoms with E-state index in [1.165, 1.54) is 11.8 Å². The van der Waals surface area contributed by atoms with Crippen molar-refractivity contribution in [3.63, 3.8) is 0 Å². The van der Waals surface area contributed by atoms with Crippen LogP contribution in [0.1, 0.15) is 36.7 Å². The lowest BCUT2D eigenvalue weighted by molar-refractivity contribution is -0.114. The molecular formula is C37H29N5O4S2. The molecule has 9 nitrogen and oxygen atoms in total. The third-order valence-electron chi connectivity index (χ3n) is 6.85. The molecule has 0 saturated heterocycles. The summed E-state index contributed by atoms with van der Waals surface area (Å²) in [5, 5.41) is 21.2. The number of amides is 4. The Balaban J connectivity index is 1.23. The minimum atomic E-state index is -0.521. The molecule has 0 aliphatic heterocycles. The topological polar surface area (TPSA) is 140 Å². The van der Waals surface area contributed by atoms with Crippen LogP contribution >= 0.6 is 23.1 Å². The first-order valence-corrected chi connectivity index (χ1v) is 16.5. The Hall–Kier alpha value is -5.96. The first-order chi connectivity index (χ1) is 23.3. The second kappa shape index (κ2) is 16.0. The van der Waals surface area contributed by atoms with Crippen LogP contribution in [0.15, 0.2) is 126 Å². The Morgan fingerprint density at radius 3 is 2.10 bits per heavy atom. The number of para-hydroxylation sites is 1. The Morgan fingerprint density at radius 2 is 1.42 bits per heavy atom. The molecule has 11 heteroatoms. The van der Waals surface area contributed by atoms with Gasteiger partial charge in [0.25, 0.3) is 17.7 Å². The van der Waals surface area contributed by atoms with Gasteiger partial charge >= 0.3 is 0 Å². The molecule has 0 spiro atoms. The molecule has 4 aromatic carbocycles. The van der Waals surface area contributed by atoms with Crippen LogP contribution in [0.3, 0.4) is 0 Å². The third kappa shape index (κ3) is 8.85. The molecule has 238 valence electrons. The number of anilines is 3. The van der Waals surface area contributed by atoms with Crippen LogP contribution in [0.5, 0.6) is 0 Å². The van der Waals surface area contributed by atoms with Crippen LogP contribution in [0.25, 0.3) is 6.08 Å². The van der Waals surface area contributed by atoms with Crippen LogP contribution < -0.4 is 21.3 Å². The smallest absolute Gasteiger partial charge is 0.272 e. The molecule has 5 rings (SSSR count). The summed E-state index contributed by atoms with van der Waals surface area (Å²) in [6.07, 6.45) is 1.59. The first-order valence-electron chi connectivity index (χ1n) is 14.7. The molecule has 0 fully saturated rings. The van der Waals surface area contributed by atoms with Gasteiger partial charge in [0, 0.05) is 21.8 Å². The Bertz CT molecular complexity index is 2020. The molecule has 0 atom stereocenters. The Labute approximate surface area is 285 Å². The van der Waals surface area contributed by atoms with Crippen molar-refractivity contribution in [2.45, 2.75) is 11.8 Å². The monoisotopic (exact) mass is 671 g/mol. The van der Waals surface area contributed by atoms with E-state index in [2.05, 4.69) is 27.3 Å². The van der Waals surface area contributed by atoms with Crippen molar-refractivity contribution in [3.05, 3.63) is 148 Å². The van der Waals surface area contributed by atoms with E-state index < -0.39 is 11.8 Å². The lowest BCUT2D eigenvalue weighted by Gasteiger charge is -2.12. The fraction of sp³-hybridized carbons (Fsp3) is 0.0541. The zero-order chi connectivity index (χ0) is 33.9. The van der Waals surface area contributed by atoms with Crippen molar-refractivity contribution >= 4 is 69.2 Å². The summed E-state index contributed by atoms with van der Waals surface area (Å²) < 4.78 is 0. The maximum Gasteiger partial charge on any atom is 0.272 e. The Kier molecular flexibility index (Phi) is 11.2. The summed E-state index contributed by atoms with van der Waals surface area (Å²) in [5.41, 5.74) is 3.01. The van der Waals surface area contributed by atoms with Gasteiger partial charge in [-0.25, -0.2) is 0 Å². The summed E-state index contributed by atoms with van der Waals surface area (Å²) in [4.78, 5) is 53.1. The maximum atomic E-state index is 13.4. The number of rotatable bonds is 11. The van der Waals surface area contributed by atoms with Crippen molar-refractivity contribution in [1.82, 2.24) is 5.32 Å². The highest BCUT2D eigenvalue weighted by Gasteiger charge is 2.22. The van der Waals surface area contributed by atoms with E-state index in [-0.39, 0.29) is 28.8 Å². The molecule has 4 amide bonds. The number of carbonyl (C=O) groups is 4. The fourth-order valence-corrected chi connectivity index (χ4v) is 6.32. The Morgan fingerprint density at radius 1 is 0.771 bits per heavy atom. The SMILES string of the molecule is Cc1c(C(=O)Nc2ccccc2)sc(NC(=O)CSc2cccc(NC(=O)/C(=C/c3ccccc3)NC(=O)c3ccccc3)c2)c1C#N. The van der Waals surface area contributed by atoms with E-state index in [4.69, 9.17) is 0 Å². The molecule has 48 heavy (non-hydrogen) atoms. The van der Waals surface area contributed by atoms with Crippen LogP contribution in [-0.2, 0) is 9.59 Å². The highest BCUT2D eigenvalue weighted by atomic mass is 32.2. The average Bonchev–Trinajstić information content (AvgIpc) is 3.42. The summed E-state index contributed by atoms with van der Waals surface area (Å²) in [5.74, 6) is -1.66. The summed E-state index contributed by atoms with van der Waals surface area (Å²) >= 11 is 2.28. The van der Waals surface area contributed by atoms with E-state index in [0.29, 0.717) is 37.3 Å². The second-order valence-electron chi connectivity index (χ2n) is 10.3. The van der Waals surface area contributed by atoms with Gasteiger partial charge in [-0.05, 0) is 66.6 Å². The zero-order valence-corrected chi connectivity index (χ0v) is 27.3. The second-order valence-corrected chi connectivity index (χ2v) is 12.4. The standard InChI is InChI=1S/C37H29N5O4S2/c1-24-30(22-38)37(48-33(24)36(46)39-27-16-9-4-10-17-27)42-32(43)23-47-29-19-11-18-28(21-29)40-35(45)31(20-25-12-5-2-6-13-25)41-34(44)26-14-7-3-8-15-26/h2-21H,23H2,1H3,(H,39,46)(H,40,45)(H,41,44)(H,42,43)/b31-20-. The number of thiophene rings is 1. The predicted molar refractivity (Wildman–Crippen MR) is 191 cm³/mol. The van der Waals surface area contributed by atoms with Crippen molar-refractivity contribution in [2.75, 3.05) is 21.7 Å². The summed E-state index contributed by atoms with van der Waals surface area (Å²) in [7, 11) is 0. The predicted octanol–water partition coefficient (Wildman–Crippen LogP) is 7.32. The normalized spacial score (nSPS) is 10.8. The molecule has 0 aliphatic carbocycles. The van der Waals surface area contributed by atoms with E-state index >= 15 is 0 Å². The van der Waals surface area contributed by atoms with E-state index in [1.54, 1.807) is 91.9 Å². The highest BCUT2D eigenvalue weighted by Crippen LogP contribution is 2.33. The van der Waals surface area contributed by atoms with Gasteiger partial charge in [-0.3, -0.25) is 19.2 Å². The number of hydrogen-bond donors (Lipinski definition) is 4. The molecule has 0 bridgehead atoms. The lowest BCUT2D eigenvalue weighted by atomic mass is 10.1. The zero-order valence-electron chi connectivity index (χ0n) is 25.7. The molecule has 0 saturated carbocycles. The van der Waals surface area contributed by atoms with Crippen LogP contribution in [0.4, 0.5) is 16.4 Å². The van der Waals surface area contributed by atoms with Gasteiger partial charge in [0.15, 0.2) is 0 Å². The van der Waals surface area contributed by atoms with Crippen LogP contribution in [0, 0.1) is 18.3 Å². The molecular weight excluding hydrogens is 643 g/mol. The lowest BCUT2D eigenvalue weighted by Crippen LogP contribution is -2.30. The van der Waals surface area contributed by atoms with Gasteiger partial charge in [-0.2, -0.15) is 5.26 Å². The number of nitrogens with zero attached hydrogens (tertiary/aromatic N) is 1. The number of carbonyl (C=O) groups excluding carboxylic acids is 4. The van der Waals surface area contributed by atoms with Crippen molar-refractivity contribution < 1.29 is 19.2 Å². The molecule has 4 N–H and O–H groups in total. The van der Waals surface area contributed by atoms with Gasteiger partial charge < -0.3 is 21.3 Å². The van der Waals surface area contributed by atoms with Gasteiger partial charge in [-0.15, -0.1) is 23.1 Å². The van der Waals surface area contributed by atoms with Crippen molar-refractivity contribution in [2.24, 2.45) is 0 Å². The molecule has 1 aromatic heterocycles. The number of nitriles is 1. The number of benzene rings is 4. The number of nitrogens with one attached hydrogen (secondary N) is 4. The molecule has 1 heterocycles. The first kappa shape index (κ1) is 33.4. The largest absolute Gasteiger partial charge is 0.321 e. The molecule has 0 unspecified atom stereocenters. The minimum Gasteiger partial charge on any atom is -0.321 e. The highest BCUT2D eigenvalue weighted by molar-refractivity contribution is 8.00. The molecule has 5 aromatic rings. The van der Waals surface area contributed by atoms with Gasteiger partial charge in [-0.1, -0.05) is 72.8 Å². The van der Waals surface area contributed by atoms with E-state index in [9.17, 15) is 24.4 Å². The van der Waals surface area contributed by atoms with Crippen molar-refractivity contribution in [3.8, 4) is 6.07 Å². The van der Waals surface area contributed by atoms with Crippen LogP contribution in [-0.4, -0.2) is 29.4 Å². The number of hydrogen-bond acceptors (Lipinski definition) is 7. The van der Waals surface area contributed by atoms with Crippen molar-refractivity contribution in [1.29, 1.82) is 5.26 Å². The van der Waals surface area contributed by atoms with E-state index in [0.717, 1.165) is 16.9 Å². The quantitative estimate of drug-likeness (QED) is 0.0857. The summed E-state index contributed by atoms with van der Waals surface area (Å²) in [6, 6.07) is 35.8. The number of thioether (sulfide) groups is 1. The summed E-state index contributed by atoms with van der Waals surface area (Å²) in [6.45, 7) is 1.67. The minimum absolute atomic E-state index is 0.0110. The third-order valence-corrected chi connectivity index (χ3v) is 9.05. The van der Waals surface area contributed by atoms with Gasteiger partial charge in [0.05, 0.1) is 16.2 Å². The molecule has 0 aliphatic rings. The fourth-order valence-electron chi connectivity index (χ4n) is 4.49. The van der Waals surface area contributed by atoms with Gasteiger partial charge in [0.2, 0.25) is 5.91 Å².